The van der Waals surface area contributed by atoms with Crippen molar-refractivity contribution in [3.05, 3.63) is 106 Å². The van der Waals surface area contributed by atoms with Gasteiger partial charge in [-0.2, -0.15) is 17.5 Å². The molecule has 4 aromatic heterocycles. The largest absolute Gasteiger partial charge is 1.00 e. The van der Waals surface area contributed by atoms with Gasteiger partial charge in [0.05, 0.1) is 52.8 Å². The first-order valence-electron chi connectivity index (χ1n) is 20.7. The summed E-state index contributed by atoms with van der Waals surface area (Å²) in [6, 6.07) is 7.21. The van der Waals surface area contributed by atoms with E-state index in [9.17, 15) is 9.59 Å². The number of aromatic nitrogens is 4. The Hall–Kier alpha value is -3.15. The summed E-state index contributed by atoms with van der Waals surface area (Å²) >= 11 is 43.6. The maximum atomic E-state index is 11.0. The van der Waals surface area contributed by atoms with Gasteiger partial charge < -0.3 is 85.5 Å². The van der Waals surface area contributed by atoms with Crippen LogP contribution in [0.1, 0.15) is 32.4 Å². The topological polar surface area (TPSA) is 219 Å². The fourth-order valence-electron chi connectivity index (χ4n) is 3.20. The number of thiol groups is 1. The first-order valence-corrected chi connectivity index (χ1v) is 26.8. The summed E-state index contributed by atoms with van der Waals surface area (Å²) in [6.45, 7) is 4.13. The van der Waals surface area contributed by atoms with E-state index in [1.165, 1.54) is 26.0 Å². The normalized spacial score (nSPS) is 7.49. The maximum Gasteiger partial charge on any atom is 1.00 e. The number of nitrogens with zero attached hydrogens (tertiary/aromatic N) is 4. The molecule has 26 heteroatoms. The minimum Gasteiger partial charge on any atom is -0.855 e. The molecule has 0 bridgehead atoms. The molecule has 0 unspecified atom stereocenters. The predicted molar refractivity (Wildman–Crippen MR) is 342 cm³/mol. The molecule has 0 saturated carbocycles. The molecule has 0 fully saturated rings. The number of carbonyl (C=O) groups is 2. The van der Waals surface area contributed by atoms with Crippen LogP contribution in [0.3, 0.4) is 0 Å². The minimum atomic E-state index is -0.210. The van der Waals surface area contributed by atoms with Crippen molar-refractivity contribution in [2.45, 2.75) is 43.0 Å². The number of halogens is 7. The summed E-state index contributed by atoms with van der Waals surface area (Å²) in [5, 5.41) is 28.0. The number of ether oxygens (including phenoxy) is 2. The molecule has 14 nitrogen and oxygen atoms in total. The number of thioether (sulfide) groups is 1. The van der Waals surface area contributed by atoms with Crippen molar-refractivity contribution in [1.29, 1.82) is 0 Å². The van der Waals surface area contributed by atoms with E-state index in [-0.39, 0.29) is 90.4 Å². The van der Waals surface area contributed by atoms with Crippen LogP contribution < -0.4 is 86.3 Å². The zero-order chi connectivity index (χ0) is 60.2. The van der Waals surface area contributed by atoms with Crippen LogP contribution in [0.5, 0.6) is 0 Å². The van der Waals surface area contributed by atoms with E-state index in [0.717, 1.165) is 23.5 Å². The number of aliphatic hydroxyl groups is 1. The molecule has 0 aromatic carbocycles. The SMILES string of the molecule is C#CC#CC#C.CCO.CC[O-].CNCc1nccc(SCCC(=O)OC)c1Cl.CNc1nccc(I)c1Cl.CNc1nccc([S-])c1Cl.COC(=O)CCS.Clc1nccc(I)c1Cl.N.[C-]#CC#CC#C.[C-]#CC#CC#[C-].[Na+].[Na+]. The van der Waals surface area contributed by atoms with Crippen molar-refractivity contribution in [2.24, 2.45) is 0 Å². The van der Waals surface area contributed by atoms with Crippen molar-refractivity contribution >= 4 is 164 Å². The van der Waals surface area contributed by atoms with Crippen molar-refractivity contribution in [3.8, 4) is 90.3 Å². The number of methoxy groups -OCH3 is 2. The number of aliphatic hydroxyl groups excluding tert-OH is 1. The molecular weight excluding hydrogens is 1430 g/mol. The third-order valence-corrected chi connectivity index (χ3v) is 12.4. The summed E-state index contributed by atoms with van der Waals surface area (Å²) in [7, 11) is 8.14. The zero-order valence-corrected chi connectivity index (χ0v) is 59.8. The Labute approximate surface area is 586 Å². The van der Waals surface area contributed by atoms with Crippen molar-refractivity contribution in [1.82, 2.24) is 31.4 Å². The zero-order valence-electron chi connectivity index (χ0n) is 45.2. The molecule has 0 saturated heterocycles. The van der Waals surface area contributed by atoms with Gasteiger partial charge in [-0.05, 0) is 107 Å². The molecule has 0 aliphatic heterocycles. The fraction of sp³-hybridized carbons (Fsp3) is 0.259. The Bertz CT molecular complexity index is 2550. The molecule has 4 rings (SSSR count). The van der Waals surface area contributed by atoms with Crippen LogP contribution in [0.2, 0.25) is 25.2 Å². The Morgan fingerprint density at radius 2 is 1.10 bits per heavy atom. The minimum absolute atomic E-state index is 0. The van der Waals surface area contributed by atoms with Gasteiger partial charge in [-0.15, -0.1) is 43.6 Å². The number of pyridine rings is 4. The third-order valence-electron chi connectivity index (χ3n) is 6.17. The van der Waals surface area contributed by atoms with Crippen LogP contribution in [0, 0.1) is 117 Å². The number of hydrogen-bond donors (Lipinski definition) is 6. The average molecular weight is 1480 g/mol. The van der Waals surface area contributed by atoms with E-state index in [4.69, 9.17) is 113 Å². The van der Waals surface area contributed by atoms with E-state index in [1.54, 1.807) is 76.7 Å². The monoisotopic (exact) mass is 1480 g/mol. The van der Waals surface area contributed by atoms with E-state index >= 15 is 0 Å². The van der Waals surface area contributed by atoms with E-state index in [0.29, 0.717) is 66.8 Å². The summed E-state index contributed by atoms with van der Waals surface area (Å²) in [5.41, 5.74) is 0.817. The van der Waals surface area contributed by atoms with Crippen molar-refractivity contribution in [3.63, 3.8) is 0 Å². The smallest absolute Gasteiger partial charge is 0.855 e. The molecule has 0 atom stereocenters. The van der Waals surface area contributed by atoms with Gasteiger partial charge in [0.25, 0.3) is 0 Å². The van der Waals surface area contributed by atoms with E-state index < -0.39 is 0 Å². The molecule has 0 spiro atoms. The Kier molecular flexibility index (Phi) is 88.7. The van der Waals surface area contributed by atoms with Gasteiger partial charge in [-0.3, -0.25) is 32.3 Å². The van der Waals surface area contributed by atoms with Crippen LogP contribution >= 0.6 is 128 Å². The molecule has 7 N–H and O–H groups in total. The summed E-state index contributed by atoms with van der Waals surface area (Å²) in [6.07, 6.45) is 40.0. The second-order valence-corrected chi connectivity index (χ2v) is 17.5. The van der Waals surface area contributed by atoms with Crippen molar-refractivity contribution in [2.75, 3.05) is 70.7 Å². The molecule has 4 aromatic rings. The third kappa shape index (κ3) is 60.9. The van der Waals surface area contributed by atoms with Gasteiger partial charge >= 0.3 is 71.1 Å². The molecule has 418 valence electrons. The number of anilines is 2. The molecule has 0 aliphatic carbocycles. The quantitative estimate of drug-likeness (QED) is 0.0153. The van der Waals surface area contributed by atoms with Crippen molar-refractivity contribution < 1.29 is 88.4 Å². The van der Waals surface area contributed by atoms with Gasteiger partial charge in [-0.25, -0.2) is 20.9 Å². The second-order valence-electron chi connectivity index (χ2n) is 11.3. The maximum absolute atomic E-state index is 11.0. The van der Waals surface area contributed by atoms with Crippen LogP contribution in [-0.2, 0) is 38.2 Å². The van der Waals surface area contributed by atoms with Gasteiger partial charge in [0.1, 0.15) is 16.8 Å². The molecular formula is C54H54Cl5I2N8Na2O6S3-3. The van der Waals surface area contributed by atoms with Crippen LogP contribution in [0.15, 0.2) is 58.8 Å². The number of carbonyl (C=O) groups excluding carboxylic acids is 2. The number of terminal acetylenes is 3. The van der Waals surface area contributed by atoms with Crippen LogP contribution in [0.4, 0.5) is 11.6 Å². The number of rotatable bonds is 10. The number of nitrogens with one attached hydrogen (secondary N) is 3. The molecule has 80 heavy (non-hydrogen) atoms. The van der Waals surface area contributed by atoms with Crippen LogP contribution in [-0.4, -0.2) is 97.1 Å². The predicted octanol–water partition coefficient (Wildman–Crippen LogP) is 3.82. The Morgan fingerprint density at radius 3 is 1.44 bits per heavy atom. The summed E-state index contributed by atoms with van der Waals surface area (Å²) in [5.74, 6) is 26.6. The van der Waals surface area contributed by atoms with E-state index in [2.05, 4.69) is 157 Å². The van der Waals surface area contributed by atoms with E-state index in [1.807, 2.05) is 31.0 Å². The molecule has 0 amide bonds. The van der Waals surface area contributed by atoms with Gasteiger partial charge in [-0.1, -0.05) is 71.0 Å². The average Bonchev–Trinajstić information content (AvgIpc) is 3.42. The molecule has 4 heterocycles. The van der Waals surface area contributed by atoms with Gasteiger partial charge in [0, 0.05) is 75.6 Å². The Balaban J connectivity index is -0.000000103. The fourth-order valence-corrected chi connectivity index (χ4v) is 6.45. The number of hydrogen-bond acceptors (Lipinski definition) is 17. The first kappa shape index (κ1) is 96.0. The summed E-state index contributed by atoms with van der Waals surface area (Å²) < 4.78 is 10.8. The van der Waals surface area contributed by atoms with Gasteiger partial charge in [0.15, 0.2) is 0 Å². The number of esters is 2. The second kappa shape index (κ2) is 73.9. The van der Waals surface area contributed by atoms with Gasteiger partial charge in [0.2, 0.25) is 0 Å². The molecule has 0 aliphatic rings. The Morgan fingerprint density at radius 1 is 0.713 bits per heavy atom. The molecule has 0 radical (unpaired) electrons. The standard InChI is InChI=1S/C11H15ClN2O2S.C6H6ClIN2.C6H7ClN2S.C6H2.C6H.C6.C5H2Cl2IN.C4H8O2S.C2H6O.C2H5O.H3N.2Na/c1-13-7-8-11(12)9(3-5-14-8)17-6-4-10(15)16-2;1-9-6-5(7)4(8)2-3-10-6;1-8-6-5(7)4(10)2-3-9-6;3*1-3-5-6-4-2;6-4-3(8)1-2-9-5(4)7;1-6-4(5)2-3-7;2*1-2-3;;;/h3,5,13H,4,6-7H2,1-2H3;2-3H,1H3,(H,9,10);2-3H,1H3,(H2,8,9,10);1-2H;1H;;1-2H;7H,2-3H2,1H3;3H,2H2,1H3;2H2,1H3;1H3;;/q;;;;-1;-2;;;;-1;;2*+1/p-1. The summed E-state index contributed by atoms with van der Waals surface area (Å²) in [4.78, 5) is 38.6. The van der Waals surface area contributed by atoms with Crippen LogP contribution in [0.25, 0.3) is 0 Å². The first-order chi connectivity index (χ1) is 36.8.